The van der Waals surface area contributed by atoms with Gasteiger partial charge >= 0.3 is 0 Å². The van der Waals surface area contributed by atoms with Crippen LogP contribution in [0.2, 0.25) is 0 Å². The first-order valence-electron chi connectivity index (χ1n) is 6.20. The molecule has 7 N–H and O–H groups in total. The van der Waals surface area contributed by atoms with Crippen LogP contribution in [-0.4, -0.2) is 40.9 Å². The Balaban J connectivity index is 0.000000152. The number of hydrogen-bond donors (Lipinski definition) is 4. The fourth-order valence-corrected chi connectivity index (χ4v) is 2.47. The number of amides is 1. The highest BCUT2D eigenvalue weighted by atomic mass is 32.2. The van der Waals surface area contributed by atoms with E-state index in [1.54, 1.807) is 18.0 Å². The summed E-state index contributed by atoms with van der Waals surface area (Å²) in [6.07, 6.45) is 3.67. The maximum Gasteiger partial charge on any atom is 0.234 e. The van der Waals surface area contributed by atoms with Crippen LogP contribution in [0.25, 0.3) is 0 Å². The lowest BCUT2D eigenvalue weighted by Crippen LogP contribution is -2.36. The molecule has 1 atom stereocenters. The normalized spacial score (nSPS) is 20.2. The molecule has 7 nitrogen and oxygen atoms in total. The number of nitrogens with zero attached hydrogens (tertiary/aromatic N) is 2. The molecule has 112 valence electrons. The smallest absolute Gasteiger partial charge is 0.234 e. The van der Waals surface area contributed by atoms with Crippen LogP contribution in [0, 0.1) is 0 Å². The first-order chi connectivity index (χ1) is 9.59. The fourth-order valence-electron chi connectivity index (χ4n) is 1.51. The summed E-state index contributed by atoms with van der Waals surface area (Å²) in [5.74, 6) is 0.855. The Kier molecular flexibility index (Phi) is 8.00. The van der Waals surface area contributed by atoms with Gasteiger partial charge < -0.3 is 22.5 Å². The second-order valence-corrected chi connectivity index (χ2v) is 6.03. The van der Waals surface area contributed by atoms with Crippen LogP contribution in [0.15, 0.2) is 16.6 Å². The maximum absolute atomic E-state index is 10.4. The molecule has 2 aliphatic rings. The summed E-state index contributed by atoms with van der Waals surface area (Å²) in [5, 5.41) is 6.20. The molecule has 3 heterocycles. The quantitative estimate of drug-likeness (QED) is 0.576. The number of thiazole rings is 1. The van der Waals surface area contributed by atoms with Crippen molar-refractivity contribution in [1.82, 2.24) is 10.3 Å². The van der Waals surface area contributed by atoms with Crippen LogP contribution in [0.3, 0.4) is 0 Å². The summed E-state index contributed by atoms with van der Waals surface area (Å²) in [6, 6.07) is -0.0463. The zero-order valence-electron chi connectivity index (χ0n) is 11.1. The maximum atomic E-state index is 10.4. The number of primary amides is 1. The molecule has 0 spiro atoms. The van der Waals surface area contributed by atoms with E-state index in [-0.39, 0.29) is 11.9 Å². The standard InChI is InChI=1S/C5H10N2O.C3H6N2S.C3H4N2S/c6-5(8)4-2-1-3-7-4;2*4-3-5-1-2-6-3/h4,7H,1-3H2,(H2,6,8);1-2H2,(H2,4,5);1-2H,(H2,4,5)/t4-;;/m0../s1. The molecule has 20 heavy (non-hydrogen) atoms. The zero-order chi connectivity index (χ0) is 14.8. The molecule has 0 bridgehead atoms. The highest BCUT2D eigenvalue weighted by molar-refractivity contribution is 8.14. The minimum atomic E-state index is -0.220. The summed E-state index contributed by atoms with van der Waals surface area (Å²) in [4.78, 5) is 18.0. The number of nitrogen functional groups attached to an aromatic ring is 1. The van der Waals surface area contributed by atoms with E-state index in [4.69, 9.17) is 17.2 Å². The van der Waals surface area contributed by atoms with Crippen molar-refractivity contribution in [2.75, 3.05) is 24.6 Å². The minimum absolute atomic E-state index is 0.0463. The summed E-state index contributed by atoms with van der Waals surface area (Å²) < 4.78 is 0. The second-order valence-electron chi connectivity index (χ2n) is 3.99. The lowest BCUT2D eigenvalue weighted by molar-refractivity contribution is -0.119. The van der Waals surface area contributed by atoms with Crippen LogP contribution in [0.4, 0.5) is 5.13 Å². The van der Waals surface area contributed by atoms with E-state index in [2.05, 4.69) is 15.3 Å². The number of rotatable bonds is 1. The molecule has 0 aromatic carbocycles. The van der Waals surface area contributed by atoms with Crippen molar-refractivity contribution in [2.45, 2.75) is 18.9 Å². The number of anilines is 1. The predicted molar refractivity (Wildman–Crippen MR) is 85.7 cm³/mol. The average molecular weight is 316 g/mol. The number of aliphatic imine (C=N–C) groups is 1. The second kappa shape index (κ2) is 9.56. The summed E-state index contributed by atoms with van der Waals surface area (Å²) in [5.41, 5.74) is 15.4. The highest BCUT2D eigenvalue weighted by Crippen LogP contribution is 2.05. The Morgan fingerprint density at radius 3 is 2.45 bits per heavy atom. The summed E-state index contributed by atoms with van der Waals surface area (Å²) in [6.45, 7) is 1.85. The third-order valence-corrected chi connectivity index (χ3v) is 3.88. The van der Waals surface area contributed by atoms with Gasteiger partial charge in [0.05, 0.1) is 12.6 Å². The van der Waals surface area contributed by atoms with E-state index in [9.17, 15) is 4.79 Å². The third kappa shape index (κ3) is 7.31. The van der Waals surface area contributed by atoms with Gasteiger partial charge in [-0.05, 0) is 19.4 Å². The monoisotopic (exact) mass is 316 g/mol. The van der Waals surface area contributed by atoms with Gasteiger partial charge in [0, 0.05) is 17.3 Å². The van der Waals surface area contributed by atoms with Gasteiger partial charge in [0.2, 0.25) is 5.91 Å². The van der Waals surface area contributed by atoms with Gasteiger partial charge in [-0.25, -0.2) is 4.98 Å². The van der Waals surface area contributed by atoms with Gasteiger partial charge in [0.25, 0.3) is 0 Å². The van der Waals surface area contributed by atoms with Gasteiger partial charge in [-0.2, -0.15) is 0 Å². The van der Waals surface area contributed by atoms with Crippen LogP contribution < -0.4 is 22.5 Å². The van der Waals surface area contributed by atoms with Gasteiger partial charge in [0.1, 0.15) is 0 Å². The van der Waals surface area contributed by atoms with E-state index >= 15 is 0 Å². The van der Waals surface area contributed by atoms with Crippen molar-refractivity contribution in [1.29, 1.82) is 0 Å². The van der Waals surface area contributed by atoms with Crippen LogP contribution in [-0.2, 0) is 4.79 Å². The van der Waals surface area contributed by atoms with Crippen LogP contribution in [0.5, 0.6) is 0 Å². The van der Waals surface area contributed by atoms with Gasteiger partial charge in [-0.1, -0.05) is 11.8 Å². The SMILES string of the molecule is NC(=O)[C@@H]1CCCN1.NC1=NCCS1.Nc1nccs1. The summed E-state index contributed by atoms with van der Waals surface area (Å²) in [7, 11) is 0. The lowest BCUT2D eigenvalue weighted by atomic mass is 10.2. The molecule has 1 fully saturated rings. The zero-order valence-corrected chi connectivity index (χ0v) is 12.8. The highest BCUT2D eigenvalue weighted by Gasteiger charge is 2.18. The lowest BCUT2D eigenvalue weighted by Gasteiger charge is -2.01. The molecule has 3 rings (SSSR count). The van der Waals surface area contributed by atoms with Crippen LogP contribution >= 0.6 is 23.1 Å². The molecule has 0 radical (unpaired) electrons. The van der Waals surface area contributed by atoms with E-state index in [0.717, 1.165) is 36.9 Å². The molecular weight excluding hydrogens is 296 g/mol. The number of hydrogen-bond acceptors (Lipinski definition) is 8. The number of carbonyl (C=O) groups is 1. The molecule has 0 unspecified atom stereocenters. The molecule has 1 saturated heterocycles. The number of nitrogens with one attached hydrogen (secondary N) is 1. The molecule has 2 aliphatic heterocycles. The van der Waals surface area contributed by atoms with Crippen molar-refractivity contribution >= 4 is 39.3 Å². The van der Waals surface area contributed by atoms with E-state index in [0.29, 0.717) is 5.13 Å². The number of amidine groups is 1. The Hall–Kier alpha value is -1.32. The molecule has 0 aliphatic carbocycles. The van der Waals surface area contributed by atoms with Crippen molar-refractivity contribution in [3.05, 3.63) is 11.6 Å². The molecule has 9 heteroatoms. The largest absolute Gasteiger partial charge is 0.379 e. The number of carbonyl (C=O) groups excluding carboxylic acids is 1. The number of aromatic nitrogens is 1. The molecular formula is C11H20N6OS2. The Bertz CT molecular complexity index is 417. The molecule has 1 amide bonds. The molecule has 1 aromatic rings. The Labute approximate surface area is 126 Å². The topological polar surface area (TPSA) is 132 Å². The first-order valence-corrected chi connectivity index (χ1v) is 8.06. The van der Waals surface area contributed by atoms with Crippen molar-refractivity contribution in [2.24, 2.45) is 16.5 Å². The predicted octanol–water partition coefficient (Wildman–Crippen LogP) is -0.00310. The fraction of sp³-hybridized carbons (Fsp3) is 0.545. The average Bonchev–Trinajstić information content (AvgIpc) is 3.11. The third-order valence-electron chi connectivity index (χ3n) is 2.46. The minimum Gasteiger partial charge on any atom is -0.379 e. The first kappa shape index (κ1) is 16.7. The van der Waals surface area contributed by atoms with E-state index < -0.39 is 0 Å². The van der Waals surface area contributed by atoms with Crippen molar-refractivity contribution in [3.63, 3.8) is 0 Å². The summed E-state index contributed by atoms with van der Waals surface area (Å²) >= 11 is 3.07. The van der Waals surface area contributed by atoms with Crippen molar-refractivity contribution < 1.29 is 4.79 Å². The Morgan fingerprint density at radius 1 is 1.45 bits per heavy atom. The van der Waals surface area contributed by atoms with Crippen molar-refractivity contribution in [3.8, 4) is 0 Å². The Morgan fingerprint density at radius 2 is 2.25 bits per heavy atom. The van der Waals surface area contributed by atoms with Gasteiger partial charge in [-0.15, -0.1) is 11.3 Å². The number of nitrogens with two attached hydrogens (primary N) is 3. The van der Waals surface area contributed by atoms with Crippen LogP contribution in [0.1, 0.15) is 12.8 Å². The molecule has 0 saturated carbocycles. The molecule has 1 aromatic heterocycles. The van der Waals surface area contributed by atoms with E-state index in [1.165, 1.54) is 11.3 Å². The van der Waals surface area contributed by atoms with Gasteiger partial charge in [-0.3, -0.25) is 9.79 Å². The number of thioether (sulfide) groups is 1. The van der Waals surface area contributed by atoms with Gasteiger partial charge in [0.15, 0.2) is 10.3 Å². The van der Waals surface area contributed by atoms with E-state index in [1.807, 2.05) is 5.38 Å².